The third kappa shape index (κ3) is 2.01. The van der Waals surface area contributed by atoms with Crippen LogP contribution in [0.5, 0.6) is 0 Å². The molecule has 1 N–H and O–H groups in total. The van der Waals surface area contributed by atoms with E-state index < -0.39 is 5.97 Å². The van der Waals surface area contributed by atoms with Crippen LogP contribution in [0.4, 0.5) is 0 Å². The number of esters is 1. The normalized spacial score (nSPS) is 11.1. The molecule has 0 amide bonds. The Labute approximate surface area is 121 Å². The zero-order chi connectivity index (χ0) is 15.0. The van der Waals surface area contributed by atoms with Crippen LogP contribution in [0.15, 0.2) is 35.3 Å². The summed E-state index contributed by atoms with van der Waals surface area (Å²) in [6.45, 7) is 2.56. The van der Waals surface area contributed by atoms with Gasteiger partial charge in [0.05, 0.1) is 12.6 Å². The van der Waals surface area contributed by atoms with Crippen molar-refractivity contribution in [2.24, 2.45) is 0 Å². The number of ether oxygens (including phenoxy) is 1. The van der Waals surface area contributed by atoms with Crippen molar-refractivity contribution in [3.63, 3.8) is 0 Å². The van der Waals surface area contributed by atoms with E-state index in [4.69, 9.17) is 4.74 Å². The topological polar surface area (TPSA) is 64.1 Å². The number of aryl methyl sites for hydroxylation is 1. The third-order valence-corrected chi connectivity index (χ3v) is 3.61. The van der Waals surface area contributed by atoms with Crippen LogP contribution in [0, 0.1) is 0 Å². The van der Waals surface area contributed by atoms with E-state index in [1.807, 2.05) is 37.4 Å². The van der Waals surface area contributed by atoms with Crippen LogP contribution in [0.1, 0.15) is 23.7 Å². The standard InChI is InChI=1S/C16H16N2O3/c1-3-8-18-9-11-10-6-4-5-7-12(10)17-14(11)13(15(18)19)16(20)21-2/h4-7,9,17H,3,8H2,1-2H3. The predicted molar refractivity (Wildman–Crippen MR) is 81.7 cm³/mol. The zero-order valence-corrected chi connectivity index (χ0v) is 12.0. The van der Waals surface area contributed by atoms with E-state index in [2.05, 4.69) is 4.98 Å². The Bertz CT molecular complexity index is 890. The molecule has 2 heterocycles. The number of carbonyl (C=O) groups excluding carboxylic acids is 1. The minimum Gasteiger partial charge on any atom is -0.465 e. The Hall–Kier alpha value is -2.56. The molecule has 0 spiro atoms. The van der Waals surface area contributed by atoms with Gasteiger partial charge in [0.25, 0.3) is 5.56 Å². The maximum absolute atomic E-state index is 12.5. The lowest BCUT2D eigenvalue weighted by Crippen LogP contribution is -2.27. The van der Waals surface area contributed by atoms with Crippen LogP contribution in [0.25, 0.3) is 21.8 Å². The number of pyridine rings is 1. The van der Waals surface area contributed by atoms with E-state index in [0.717, 1.165) is 22.7 Å². The molecule has 5 heteroatoms. The van der Waals surface area contributed by atoms with Gasteiger partial charge in [-0.25, -0.2) is 4.79 Å². The van der Waals surface area contributed by atoms with E-state index in [1.54, 1.807) is 4.57 Å². The molecule has 0 saturated heterocycles. The number of hydrogen-bond donors (Lipinski definition) is 1. The monoisotopic (exact) mass is 284 g/mol. The lowest BCUT2D eigenvalue weighted by molar-refractivity contribution is 0.0600. The number of methoxy groups -OCH3 is 1. The highest BCUT2D eigenvalue weighted by molar-refractivity contribution is 6.13. The third-order valence-electron chi connectivity index (χ3n) is 3.61. The lowest BCUT2D eigenvalue weighted by Gasteiger charge is -2.07. The SMILES string of the molecule is CCCn1cc2c([nH]c3ccccc32)c(C(=O)OC)c1=O. The van der Waals surface area contributed by atoms with E-state index in [-0.39, 0.29) is 11.1 Å². The molecule has 0 aliphatic rings. The number of H-pyrrole nitrogens is 1. The average molecular weight is 284 g/mol. The first-order chi connectivity index (χ1) is 10.2. The molecule has 0 saturated carbocycles. The molecule has 3 aromatic rings. The molecule has 0 aliphatic heterocycles. The summed E-state index contributed by atoms with van der Waals surface area (Å²) in [5, 5.41) is 1.85. The molecule has 5 nitrogen and oxygen atoms in total. The van der Waals surface area contributed by atoms with Gasteiger partial charge in [-0.3, -0.25) is 4.79 Å². The summed E-state index contributed by atoms with van der Waals surface area (Å²) < 4.78 is 6.36. The van der Waals surface area contributed by atoms with Gasteiger partial charge < -0.3 is 14.3 Å². The highest BCUT2D eigenvalue weighted by atomic mass is 16.5. The maximum Gasteiger partial charge on any atom is 0.345 e. The van der Waals surface area contributed by atoms with Crippen LogP contribution >= 0.6 is 0 Å². The second-order valence-corrected chi connectivity index (χ2v) is 4.95. The number of nitrogens with one attached hydrogen (secondary N) is 1. The molecular weight excluding hydrogens is 268 g/mol. The van der Waals surface area contributed by atoms with Crippen molar-refractivity contribution in [3.8, 4) is 0 Å². The number of carbonyl (C=O) groups is 1. The van der Waals surface area contributed by atoms with Crippen LogP contribution in [-0.4, -0.2) is 22.6 Å². The van der Waals surface area contributed by atoms with Gasteiger partial charge in [-0.2, -0.15) is 0 Å². The quantitative estimate of drug-likeness (QED) is 0.752. The van der Waals surface area contributed by atoms with Gasteiger partial charge in [0.15, 0.2) is 0 Å². The molecule has 2 aromatic heterocycles. The number of nitrogens with zero attached hydrogens (tertiary/aromatic N) is 1. The Morgan fingerprint density at radius 2 is 2.05 bits per heavy atom. The fourth-order valence-corrected chi connectivity index (χ4v) is 2.66. The van der Waals surface area contributed by atoms with Crippen molar-refractivity contribution in [3.05, 3.63) is 46.4 Å². The molecule has 1 aromatic carbocycles. The van der Waals surface area contributed by atoms with Crippen molar-refractivity contribution >= 4 is 27.8 Å². The summed E-state index contributed by atoms with van der Waals surface area (Å²) in [6.07, 6.45) is 2.63. The minimum atomic E-state index is -0.609. The number of fused-ring (bicyclic) bond motifs is 3. The molecule has 0 fully saturated rings. The zero-order valence-electron chi connectivity index (χ0n) is 12.0. The fourth-order valence-electron chi connectivity index (χ4n) is 2.66. The average Bonchev–Trinajstić information content (AvgIpc) is 2.86. The molecule has 0 bridgehead atoms. The summed E-state index contributed by atoms with van der Waals surface area (Å²) in [4.78, 5) is 27.7. The van der Waals surface area contributed by atoms with Gasteiger partial charge in [-0.1, -0.05) is 25.1 Å². The predicted octanol–water partition coefficient (Wildman–Crippen LogP) is 2.68. The summed E-state index contributed by atoms with van der Waals surface area (Å²) in [6, 6.07) is 7.73. The Morgan fingerprint density at radius 1 is 1.29 bits per heavy atom. The van der Waals surface area contributed by atoms with Crippen LogP contribution < -0.4 is 5.56 Å². The molecule has 0 atom stereocenters. The van der Waals surface area contributed by atoms with Gasteiger partial charge in [0, 0.05) is 29.0 Å². The van der Waals surface area contributed by atoms with Gasteiger partial charge in [-0.05, 0) is 12.5 Å². The van der Waals surface area contributed by atoms with E-state index in [1.165, 1.54) is 7.11 Å². The number of rotatable bonds is 3. The molecule has 0 unspecified atom stereocenters. The van der Waals surface area contributed by atoms with Crippen molar-refractivity contribution in [2.45, 2.75) is 19.9 Å². The largest absolute Gasteiger partial charge is 0.465 e. The summed E-state index contributed by atoms with van der Waals surface area (Å²) in [5.41, 5.74) is 1.19. The van der Waals surface area contributed by atoms with Crippen LogP contribution in [-0.2, 0) is 11.3 Å². The first-order valence-electron chi connectivity index (χ1n) is 6.89. The summed E-state index contributed by atoms with van der Waals surface area (Å²) >= 11 is 0. The first kappa shape index (κ1) is 13.4. The summed E-state index contributed by atoms with van der Waals surface area (Å²) in [7, 11) is 1.29. The Balaban J connectivity index is 2.48. The fraction of sp³-hybridized carbons (Fsp3) is 0.250. The highest BCUT2D eigenvalue weighted by Crippen LogP contribution is 2.26. The molecule has 108 valence electrons. The van der Waals surface area contributed by atoms with Gasteiger partial charge in [0.1, 0.15) is 5.56 Å². The van der Waals surface area contributed by atoms with Gasteiger partial charge in [0.2, 0.25) is 0 Å². The second-order valence-electron chi connectivity index (χ2n) is 4.95. The summed E-state index contributed by atoms with van der Waals surface area (Å²) in [5.74, 6) is -0.609. The van der Waals surface area contributed by atoms with Gasteiger partial charge >= 0.3 is 5.97 Å². The molecule has 21 heavy (non-hydrogen) atoms. The van der Waals surface area contributed by atoms with Crippen molar-refractivity contribution in [1.82, 2.24) is 9.55 Å². The van der Waals surface area contributed by atoms with E-state index in [0.29, 0.717) is 12.1 Å². The van der Waals surface area contributed by atoms with Gasteiger partial charge in [-0.15, -0.1) is 0 Å². The number of para-hydroxylation sites is 1. The van der Waals surface area contributed by atoms with Crippen LogP contribution in [0.2, 0.25) is 0 Å². The number of hydrogen-bond acceptors (Lipinski definition) is 3. The highest BCUT2D eigenvalue weighted by Gasteiger charge is 2.20. The number of aromatic nitrogens is 2. The molecular formula is C16H16N2O3. The molecule has 0 aliphatic carbocycles. The van der Waals surface area contributed by atoms with Crippen molar-refractivity contribution in [2.75, 3.05) is 7.11 Å². The lowest BCUT2D eigenvalue weighted by atomic mass is 10.1. The van der Waals surface area contributed by atoms with Crippen molar-refractivity contribution in [1.29, 1.82) is 0 Å². The number of benzene rings is 1. The number of aromatic amines is 1. The first-order valence-corrected chi connectivity index (χ1v) is 6.89. The Kier molecular flexibility index (Phi) is 3.25. The second kappa shape index (κ2) is 5.09. The molecule has 0 radical (unpaired) electrons. The molecule has 3 rings (SSSR count). The Morgan fingerprint density at radius 3 is 2.76 bits per heavy atom. The maximum atomic E-state index is 12.5. The smallest absolute Gasteiger partial charge is 0.345 e. The van der Waals surface area contributed by atoms with Crippen LogP contribution in [0.3, 0.4) is 0 Å². The minimum absolute atomic E-state index is 0.0691. The van der Waals surface area contributed by atoms with E-state index >= 15 is 0 Å². The van der Waals surface area contributed by atoms with Crippen molar-refractivity contribution < 1.29 is 9.53 Å². The van der Waals surface area contributed by atoms with E-state index in [9.17, 15) is 9.59 Å².